The number of carboxylic acids is 1. The van der Waals surface area contributed by atoms with Gasteiger partial charge in [0.2, 0.25) is 12.1 Å². The predicted octanol–water partition coefficient (Wildman–Crippen LogP) is -0.570. The first-order chi connectivity index (χ1) is 28.5. The molecule has 0 saturated carbocycles. The molecule has 3 aromatic rings. The van der Waals surface area contributed by atoms with E-state index in [4.69, 9.17) is 10.5 Å². The van der Waals surface area contributed by atoms with Crippen LogP contribution in [-0.4, -0.2) is 125 Å². The molecule has 5 rings (SSSR count). The molecular formula is C39H48N8O12S. The SMILES string of the molecule is CSCCC(NC(=O)NC(Cc1cccc(O)c1)C(=O)O)C(=O)N(C=C1CC(O)C(n2ccc(=O)[nH]c2=O)O1)C(=O)C(N)C(C)N(C)C(=O)C1Cc2cccc(O)c2CN1. The number of aromatic hydroxyl groups is 2. The molecule has 10 N–H and O–H groups in total. The van der Waals surface area contributed by atoms with Gasteiger partial charge in [-0.15, -0.1) is 0 Å². The van der Waals surface area contributed by atoms with Crippen LogP contribution in [0.4, 0.5) is 4.79 Å². The summed E-state index contributed by atoms with van der Waals surface area (Å²) in [5.74, 6) is -3.80. The highest BCUT2D eigenvalue weighted by Gasteiger charge is 2.40. The lowest BCUT2D eigenvalue weighted by Crippen LogP contribution is -2.60. The molecule has 7 atom stereocenters. The number of benzene rings is 2. The fourth-order valence-electron chi connectivity index (χ4n) is 6.82. The standard InChI is InChI=1S/C39H48N8O12S/c1-20(45(2)33(52)27-16-22-7-5-9-29(49)25(22)18-41-27)32(40)35(54)47(19-24-17-30(50)36(59-24)46-12-10-31(51)44-39(46)58)34(53)26(11-13-60-3)42-38(57)43-28(37(55)56)15-21-6-4-8-23(48)14-21/h4-10,12,14,19-20,26-28,30,32,36,41,48-50H,11,13,15-18,40H2,1-3H3,(H,55,56)(H2,42,43,57)(H,44,51,58). The summed E-state index contributed by atoms with van der Waals surface area (Å²) in [6, 6.07) is 4.46. The first kappa shape index (κ1) is 44.9. The zero-order valence-electron chi connectivity index (χ0n) is 32.9. The summed E-state index contributed by atoms with van der Waals surface area (Å²) in [4.78, 5) is 96.3. The third kappa shape index (κ3) is 10.7. The number of hydrogen-bond donors (Lipinski definition) is 9. The third-order valence-corrected chi connectivity index (χ3v) is 11.0. The molecule has 2 aliphatic heterocycles. The van der Waals surface area contributed by atoms with Crippen LogP contribution in [0.3, 0.4) is 0 Å². The number of H-pyrrole nitrogens is 1. The van der Waals surface area contributed by atoms with Crippen LogP contribution in [0.15, 0.2) is 76.3 Å². The Hall–Kier alpha value is -6.16. The average molecular weight is 853 g/mol. The number of aliphatic carboxylic acids is 1. The van der Waals surface area contributed by atoms with Crippen molar-refractivity contribution in [1.29, 1.82) is 0 Å². The number of nitrogens with one attached hydrogen (secondary N) is 4. The average Bonchev–Trinajstić information content (AvgIpc) is 3.58. The Balaban J connectivity index is 1.41. The van der Waals surface area contributed by atoms with Crippen molar-refractivity contribution in [3.8, 4) is 11.5 Å². The number of phenols is 2. The van der Waals surface area contributed by atoms with Crippen molar-refractivity contribution in [3.63, 3.8) is 0 Å². The van der Waals surface area contributed by atoms with E-state index in [0.29, 0.717) is 16.0 Å². The molecule has 0 spiro atoms. The largest absolute Gasteiger partial charge is 0.508 e. The maximum absolute atomic E-state index is 14.5. The number of amides is 5. The first-order valence-electron chi connectivity index (χ1n) is 18.8. The number of thioether (sulfide) groups is 1. The summed E-state index contributed by atoms with van der Waals surface area (Å²) in [6.45, 7) is 1.71. The van der Waals surface area contributed by atoms with Gasteiger partial charge in [-0.1, -0.05) is 24.3 Å². The summed E-state index contributed by atoms with van der Waals surface area (Å²) in [5, 5.41) is 48.7. The number of nitrogens with zero attached hydrogens (tertiary/aromatic N) is 3. The number of ether oxygens (including phenoxy) is 1. The number of rotatable bonds is 15. The molecule has 21 heteroatoms. The number of urea groups is 1. The van der Waals surface area contributed by atoms with Gasteiger partial charge in [0.25, 0.3) is 17.4 Å². The highest BCUT2D eigenvalue weighted by molar-refractivity contribution is 7.98. The van der Waals surface area contributed by atoms with Gasteiger partial charge in [-0.25, -0.2) is 14.4 Å². The van der Waals surface area contributed by atoms with Gasteiger partial charge in [-0.2, -0.15) is 11.8 Å². The molecule has 1 saturated heterocycles. The Bertz CT molecular complexity index is 2250. The van der Waals surface area contributed by atoms with Crippen molar-refractivity contribution in [2.75, 3.05) is 19.1 Å². The number of hydrogen-bond acceptors (Lipinski definition) is 14. The number of aromatic amines is 1. The van der Waals surface area contributed by atoms with Crippen LogP contribution >= 0.6 is 11.8 Å². The number of aliphatic hydroxyl groups excluding tert-OH is 1. The number of imide groups is 1. The van der Waals surface area contributed by atoms with E-state index in [2.05, 4.69) is 20.9 Å². The molecule has 60 heavy (non-hydrogen) atoms. The number of nitrogens with two attached hydrogens (primary N) is 1. The number of carboxylic acid groups (broad SMARTS) is 1. The molecular weight excluding hydrogens is 805 g/mol. The second-order valence-corrected chi connectivity index (χ2v) is 15.4. The minimum atomic E-state index is -1.57. The van der Waals surface area contributed by atoms with Gasteiger partial charge in [0, 0.05) is 44.3 Å². The number of aromatic nitrogens is 2. The highest BCUT2D eigenvalue weighted by Crippen LogP contribution is 2.31. The van der Waals surface area contributed by atoms with Crippen molar-refractivity contribution in [3.05, 3.63) is 104 Å². The predicted molar refractivity (Wildman–Crippen MR) is 216 cm³/mol. The van der Waals surface area contributed by atoms with Crippen molar-refractivity contribution < 1.29 is 49.1 Å². The molecule has 5 amide bonds. The number of fused-ring (bicyclic) bond motifs is 1. The summed E-state index contributed by atoms with van der Waals surface area (Å²) >= 11 is 1.31. The van der Waals surface area contributed by atoms with Crippen LogP contribution in [0.2, 0.25) is 0 Å². The summed E-state index contributed by atoms with van der Waals surface area (Å²) in [6.07, 6.45) is 0.673. The van der Waals surface area contributed by atoms with Crippen LogP contribution in [0, 0.1) is 0 Å². The lowest BCUT2D eigenvalue weighted by Gasteiger charge is -2.35. The minimum Gasteiger partial charge on any atom is -0.508 e. The lowest BCUT2D eigenvalue weighted by molar-refractivity contribution is -0.145. The van der Waals surface area contributed by atoms with E-state index in [9.17, 15) is 54.0 Å². The van der Waals surface area contributed by atoms with Gasteiger partial charge >= 0.3 is 17.7 Å². The Kier molecular flexibility index (Phi) is 14.8. The van der Waals surface area contributed by atoms with Crippen molar-refractivity contribution in [2.45, 2.75) is 81.7 Å². The van der Waals surface area contributed by atoms with E-state index >= 15 is 0 Å². The smallest absolute Gasteiger partial charge is 0.331 e. The quantitative estimate of drug-likeness (QED) is 0.0925. The monoisotopic (exact) mass is 852 g/mol. The van der Waals surface area contributed by atoms with Crippen molar-refractivity contribution >= 4 is 41.5 Å². The Morgan fingerprint density at radius 1 is 1.05 bits per heavy atom. The van der Waals surface area contributed by atoms with Gasteiger partial charge in [-0.3, -0.25) is 33.6 Å². The molecule has 20 nitrogen and oxygen atoms in total. The molecule has 0 radical (unpaired) electrons. The van der Waals surface area contributed by atoms with Crippen LogP contribution in [-0.2, 0) is 43.3 Å². The number of likely N-dealkylation sites (N-methyl/N-ethyl adjacent to an activating group) is 1. The maximum Gasteiger partial charge on any atom is 0.331 e. The zero-order chi connectivity index (χ0) is 43.8. The molecule has 322 valence electrons. The molecule has 0 bridgehead atoms. The van der Waals surface area contributed by atoms with Gasteiger partial charge in [0.15, 0.2) is 0 Å². The van der Waals surface area contributed by atoms with Gasteiger partial charge < -0.3 is 51.7 Å². The summed E-state index contributed by atoms with van der Waals surface area (Å²) in [5.41, 5.74) is 6.75. The second kappa shape index (κ2) is 19.7. The molecule has 2 aromatic carbocycles. The molecule has 1 aromatic heterocycles. The fourth-order valence-corrected chi connectivity index (χ4v) is 7.29. The Morgan fingerprint density at radius 3 is 2.45 bits per heavy atom. The second-order valence-electron chi connectivity index (χ2n) is 14.4. The molecule has 7 unspecified atom stereocenters. The number of aliphatic hydroxyl groups is 1. The van der Waals surface area contributed by atoms with Gasteiger partial charge in [0.05, 0.1) is 18.3 Å². The number of carbonyl (C=O) groups excluding carboxylic acids is 4. The Labute approximate surface area is 347 Å². The van der Waals surface area contributed by atoms with Crippen molar-refractivity contribution in [2.24, 2.45) is 5.73 Å². The minimum absolute atomic E-state index is 0.0584. The van der Waals surface area contributed by atoms with Crippen LogP contribution in [0.5, 0.6) is 11.5 Å². The number of carbonyl (C=O) groups is 5. The van der Waals surface area contributed by atoms with E-state index in [1.54, 1.807) is 30.5 Å². The molecule has 0 aliphatic carbocycles. The number of phenolic OH excluding ortho intramolecular Hbond substituents is 2. The van der Waals surface area contributed by atoms with E-state index in [0.717, 1.165) is 28.6 Å². The van der Waals surface area contributed by atoms with Crippen LogP contribution < -0.4 is 32.9 Å². The van der Waals surface area contributed by atoms with E-state index in [1.165, 1.54) is 48.8 Å². The molecule has 3 heterocycles. The summed E-state index contributed by atoms with van der Waals surface area (Å²) < 4.78 is 6.74. The van der Waals surface area contributed by atoms with Crippen molar-refractivity contribution in [1.82, 2.24) is 35.3 Å². The van der Waals surface area contributed by atoms with E-state index in [1.807, 2.05) is 0 Å². The molecule has 2 aliphatic rings. The lowest BCUT2D eigenvalue weighted by atomic mass is 9.94. The molecule has 1 fully saturated rings. The fraction of sp³-hybridized carbons (Fsp3) is 0.410. The Morgan fingerprint density at radius 2 is 1.77 bits per heavy atom. The van der Waals surface area contributed by atoms with E-state index < -0.39 is 83.5 Å². The topological polar surface area (TPSA) is 299 Å². The maximum atomic E-state index is 14.5. The van der Waals surface area contributed by atoms with Gasteiger partial charge in [-0.05, 0) is 61.1 Å². The zero-order valence-corrected chi connectivity index (χ0v) is 33.8. The third-order valence-electron chi connectivity index (χ3n) is 10.3. The van der Waals surface area contributed by atoms with E-state index in [-0.39, 0.29) is 55.2 Å². The van der Waals surface area contributed by atoms with Gasteiger partial charge in [0.1, 0.15) is 41.5 Å². The van der Waals surface area contributed by atoms with Crippen LogP contribution in [0.25, 0.3) is 0 Å². The normalized spacial score (nSPS) is 19.8. The first-order valence-corrected chi connectivity index (χ1v) is 20.2. The highest BCUT2D eigenvalue weighted by atomic mass is 32.2. The van der Waals surface area contributed by atoms with Crippen LogP contribution in [0.1, 0.15) is 42.7 Å². The summed E-state index contributed by atoms with van der Waals surface area (Å²) in [7, 11) is 1.44.